The molecule has 0 atom stereocenters. The lowest BCUT2D eigenvalue weighted by Gasteiger charge is -2.21. The van der Waals surface area contributed by atoms with E-state index < -0.39 is 4.92 Å². The first-order valence-electron chi connectivity index (χ1n) is 9.09. The van der Waals surface area contributed by atoms with Crippen LogP contribution in [0.15, 0.2) is 53.5 Å². The number of nitro groups is 1. The molecular weight excluding hydrogens is 374 g/mol. The Morgan fingerprint density at radius 1 is 1.21 bits per heavy atom. The van der Waals surface area contributed by atoms with E-state index in [0.29, 0.717) is 29.6 Å². The first-order chi connectivity index (χ1) is 13.3. The van der Waals surface area contributed by atoms with Crippen LogP contribution >= 0.6 is 11.8 Å². The fourth-order valence-electron chi connectivity index (χ4n) is 2.91. The standard InChI is InChI=1S/C21H23N3O3S/c1-21(2,3)17-9-7-16(8-10-17)19(25)23-12-11-22-20(23)28-14-15-5-4-6-18(13-15)24(26)27/h4-10,13H,11-12,14H2,1-3H3. The molecule has 0 saturated carbocycles. The van der Waals surface area contributed by atoms with Crippen LogP contribution in [0.1, 0.15) is 42.3 Å². The van der Waals surface area contributed by atoms with Crippen LogP contribution in [0.4, 0.5) is 5.69 Å². The Hall–Kier alpha value is -2.67. The van der Waals surface area contributed by atoms with Gasteiger partial charge in [-0.05, 0) is 28.7 Å². The van der Waals surface area contributed by atoms with Gasteiger partial charge in [-0.15, -0.1) is 0 Å². The lowest BCUT2D eigenvalue weighted by atomic mass is 9.86. The highest BCUT2D eigenvalue weighted by molar-refractivity contribution is 8.13. The van der Waals surface area contributed by atoms with E-state index in [9.17, 15) is 14.9 Å². The van der Waals surface area contributed by atoms with E-state index in [0.717, 1.165) is 5.56 Å². The highest BCUT2D eigenvalue weighted by Crippen LogP contribution is 2.25. The summed E-state index contributed by atoms with van der Waals surface area (Å²) in [5.41, 5.74) is 2.75. The molecule has 3 rings (SSSR count). The maximum absolute atomic E-state index is 12.9. The molecule has 0 spiro atoms. The molecule has 6 nitrogen and oxygen atoms in total. The number of nitrogens with zero attached hydrogens (tertiary/aromatic N) is 3. The molecule has 2 aromatic carbocycles. The minimum atomic E-state index is -0.404. The second kappa shape index (κ2) is 8.14. The highest BCUT2D eigenvalue weighted by atomic mass is 32.2. The summed E-state index contributed by atoms with van der Waals surface area (Å²) >= 11 is 1.43. The number of carbonyl (C=O) groups excluding carboxylic acids is 1. The molecule has 7 heteroatoms. The molecule has 0 unspecified atom stereocenters. The van der Waals surface area contributed by atoms with Gasteiger partial charge in [-0.2, -0.15) is 0 Å². The molecule has 146 valence electrons. The third-order valence-corrected chi connectivity index (χ3v) is 5.62. The van der Waals surface area contributed by atoms with Crippen molar-refractivity contribution >= 4 is 28.5 Å². The normalized spacial score (nSPS) is 14.1. The van der Waals surface area contributed by atoms with E-state index in [1.807, 2.05) is 30.3 Å². The summed E-state index contributed by atoms with van der Waals surface area (Å²) in [5.74, 6) is 0.455. The minimum absolute atomic E-state index is 0.0377. The molecule has 28 heavy (non-hydrogen) atoms. The summed E-state index contributed by atoms with van der Waals surface area (Å²) in [6.07, 6.45) is 0. The fraction of sp³-hybridized carbons (Fsp3) is 0.333. The van der Waals surface area contributed by atoms with Crippen LogP contribution in [0.2, 0.25) is 0 Å². The van der Waals surface area contributed by atoms with Crippen LogP contribution in [-0.2, 0) is 11.2 Å². The van der Waals surface area contributed by atoms with Gasteiger partial charge in [0.2, 0.25) is 0 Å². The Labute approximate surface area is 168 Å². The fourth-order valence-corrected chi connectivity index (χ4v) is 3.90. The second-order valence-electron chi connectivity index (χ2n) is 7.66. The molecule has 0 radical (unpaired) electrons. The van der Waals surface area contributed by atoms with Crippen molar-refractivity contribution in [2.24, 2.45) is 4.99 Å². The number of amidine groups is 1. The summed E-state index contributed by atoms with van der Waals surface area (Å²) in [6, 6.07) is 14.3. The number of non-ortho nitro benzene ring substituents is 1. The number of hydrogen-bond acceptors (Lipinski definition) is 5. The zero-order valence-electron chi connectivity index (χ0n) is 16.2. The molecule has 0 aliphatic carbocycles. The molecule has 0 N–H and O–H groups in total. The molecule has 0 fully saturated rings. The Kier molecular flexibility index (Phi) is 5.84. The Morgan fingerprint density at radius 2 is 1.93 bits per heavy atom. The van der Waals surface area contributed by atoms with Crippen LogP contribution in [0.25, 0.3) is 0 Å². The average molecular weight is 398 g/mol. The number of nitro benzene ring substituents is 1. The predicted molar refractivity (Wildman–Crippen MR) is 113 cm³/mol. The second-order valence-corrected chi connectivity index (χ2v) is 8.61. The summed E-state index contributed by atoms with van der Waals surface area (Å²) in [4.78, 5) is 29.6. The van der Waals surface area contributed by atoms with E-state index in [2.05, 4.69) is 25.8 Å². The molecule has 1 amide bonds. The first-order valence-corrected chi connectivity index (χ1v) is 10.1. The number of hydrogen-bond donors (Lipinski definition) is 0. The van der Waals surface area contributed by atoms with Crippen molar-refractivity contribution in [2.75, 3.05) is 13.1 Å². The van der Waals surface area contributed by atoms with E-state index in [1.54, 1.807) is 17.0 Å². The Bertz CT molecular complexity index is 917. The van der Waals surface area contributed by atoms with Gasteiger partial charge in [-0.3, -0.25) is 24.8 Å². The van der Waals surface area contributed by atoms with Gasteiger partial charge in [-0.25, -0.2) is 0 Å². The quantitative estimate of drug-likeness (QED) is 0.556. The lowest BCUT2D eigenvalue weighted by molar-refractivity contribution is -0.384. The van der Waals surface area contributed by atoms with Gasteiger partial charge in [0, 0.05) is 30.0 Å². The maximum atomic E-state index is 12.9. The van der Waals surface area contributed by atoms with Gasteiger partial charge in [-0.1, -0.05) is 56.8 Å². The minimum Gasteiger partial charge on any atom is -0.286 e. The van der Waals surface area contributed by atoms with Crippen molar-refractivity contribution in [1.29, 1.82) is 0 Å². The van der Waals surface area contributed by atoms with E-state index in [-0.39, 0.29) is 17.0 Å². The highest BCUT2D eigenvalue weighted by Gasteiger charge is 2.25. The number of aliphatic imine (C=N–C) groups is 1. The van der Waals surface area contributed by atoms with E-state index in [4.69, 9.17) is 0 Å². The summed E-state index contributed by atoms with van der Waals surface area (Å²) in [6.45, 7) is 7.54. The Balaban J connectivity index is 1.68. The van der Waals surface area contributed by atoms with Gasteiger partial charge in [0.25, 0.3) is 11.6 Å². The zero-order valence-corrected chi connectivity index (χ0v) is 17.0. The molecule has 0 aromatic heterocycles. The molecule has 1 aliphatic heterocycles. The van der Waals surface area contributed by atoms with Crippen LogP contribution in [0.3, 0.4) is 0 Å². The predicted octanol–water partition coefficient (Wildman–Crippen LogP) is 4.64. The van der Waals surface area contributed by atoms with Gasteiger partial charge < -0.3 is 0 Å². The van der Waals surface area contributed by atoms with Crippen molar-refractivity contribution in [2.45, 2.75) is 31.9 Å². The van der Waals surface area contributed by atoms with Gasteiger partial charge in [0.05, 0.1) is 11.5 Å². The molecular formula is C21H23N3O3S. The van der Waals surface area contributed by atoms with Crippen LogP contribution in [0, 0.1) is 10.1 Å². The largest absolute Gasteiger partial charge is 0.286 e. The Morgan fingerprint density at radius 3 is 2.57 bits per heavy atom. The van der Waals surface area contributed by atoms with E-state index in [1.165, 1.54) is 23.4 Å². The number of carbonyl (C=O) groups is 1. The summed E-state index contributed by atoms with van der Waals surface area (Å²) < 4.78 is 0. The van der Waals surface area contributed by atoms with Gasteiger partial charge in [0.15, 0.2) is 5.17 Å². The number of thioether (sulfide) groups is 1. The SMILES string of the molecule is CC(C)(C)c1ccc(C(=O)N2CCN=C2SCc2cccc([N+](=O)[O-])c2)cc1. The van der Waals surface area contributed by atoms with Gasteiger partial charge >= 0.3 is 0 Å². The number of rotatable bonds is 4. The third-order valence-electron chi connectivity index (χ3n) is 4.53. The monoisotopic (exact) mass is 397 g/mol. The molecule has 2 aromatic rings. The van der Waals surface area contributed by atoms with Crippen molar-refractivity contribution in [3.8, 4) is 0 Å². The third kappa shape index (κ3) is 4.59. The molecule has 1 heterocycles. The lowest BCUT2D eigenvalue weighted by Crippen LogP contribution is -2.32. The molecule has 0 saturated heterocycles. The number of amides is 1. The number of benzene rings is 2. The summed E-state index contributed by atoms with van der Waals surface area (Å²) in [5, 5.41) is 11.6. The topological polar surface area (TPSA) is 75.8 Å². The van der Waals surface area contributed by atoms with Crippen molar-refractivity contribution in [3.63, 3.8) is 0 Å². The van der Waals surface area contributed by atoms with Crippen molar-refractivity contribution < 1.29 is 9.72 Å². The van der Waals surface area contributed by atoms with Crippen LogP contribution in [-0.4, -0.2) is 34.0 Å². The maximum Gasteiger partial charge on any atom is 0.269 e. The van der Waals surface area contributed by atoms with Crippen molar-refractivity contribution in [3.05, 3.63) is 75.3 Å². The van der Waals surface area contributed by atoms with Crippen LogP contribution in [0.5, 0.6) is 0 Å². The van der Waals surface area contributed by atoms with Crippen molar-refractivity contribution in [1.82, 2.24) is 4.90 Å². The van der Waals surface area contributed by atoms with Gasteiger partial charge in [0.1, 0.15) is 0 Å². The molecule has 1 aliphatic rings. The van der Waals surface area contributed by atoms with Crippen LogP contribution < -0.4 is 0 Å². The first kappa shape index (κ1) is 20.1. The zero-order chi connectivity index (χ0) is 20.3. The summed E-state index contributed by atoms with van der Waals surface area (Å²) in [7, 11) is 0. The smallest absolute Gasteiger partial charge is 0.269 e. The van der Waals surface area contributed by atoms with E-state index >= 15 is 0 Å². The average Bonchev–Trinajstić information content (AvgIpc) is 3.14. The molecule has 0 bridgehead atoms.